The third-order valence-corrected chi connectivity index (χ3v) is 4.46. The van der Waals surface area contributed by atoms with Gasteiger partial charge in [0.2, 0.25) is 0 Å². The van der Waals surface area contributed by atoms with Crippen molar-refractivity contribution < 1.29 is 4.79 Å². The zero-order valence-electron chi connectivity index (χ0n) is 15.6. The molecule has 6 nitrogen and oxygen atoms in total. The number of nitrogens with zero attached hydrogens (tertiary/aromatic N) is 4. The summed E-state index contributed by atoms with van der Waals surface area (Å²) in [4.78, 5) is 21.4. The van der Waals surface area contributed by atoms with Gasteiger partial charge in [-0.1, -0.05) is 32.0 Å². The Morgan fingerprint density at radius 3 is 2.70 bits per heavy atom. The summed E-state index contributed by atoms with van der Waals surface area (Å²) < 4.78 is 1.88. The van der Waals surface area contributed by atoms with Crippen LogP contribution in [-0.4, -0.2) is 25.7 Å². The van der Waals surface area contributed by atoms with Crippen LogP contribution < -0.4 is 5.32 Å². The third-order valence-electron chi connectivity index (χ3n) is 4.46. The van der Waals surface area contributed by atoms with Gasteiger partial charge in [-0.05, 0) is 36.6 Å². The van der Waals surface area contributed by atoms with Crippen molar-refractivity contribution >= 4 is 33.7 Å². The molecule has 0 fully saturated rings. The van der Waals surface area contributed by atoms with Gasteiger partial charge in [-0.2, -0.15) is 5.10 Å². The lowest BCUT2D eigenvalue weighted by Crippen LogP contribution is -2.13. The maximum absolute atomic E-state index is 12.6. The van der Waals surface area contributed by atoms with Crippen molar-refractivity contribution in [1.82, 2.24) is 19.7 Å². The van der Waals surface area contributed by atoms with Gasteiger partial charge >= 0.3 is 0 Å². The number of nitrogens with one attached hydrogen (secondary N) is 1. The van der Waals surface area contributed by atoms with Crippen molar-refractivity contribution in [3.05, 3.63) is 59.9 Å². The Balaban J connectivity index is 1.85. The minimum atomic E-state index is -0.210. The molecule has 0 aliphatic carbocycles. The maximum atomic E-state index is 12.6. The van der Waals surface area contributed by atoms with Crippen LogP contribution >= 0.6 is 0 Å². The number of fused-ring (bicyclic) bond motifs is 2. The largest absolute Gasteiger partial charge is 0.304 e. The van der Waals surface area contributed by atoms with E-state index in [2.05, 4.69) is 48.3 Å². The second-order valence-electron chi connectivity index (χ2n) is 7.12. The number of benzene rings is 1. The standard InChI is InChI=1S/C21H21N5O/c1-13(2)12-26-20-17(11-16-6-4-5-14(3)18(16)23-20)19(25-26)24-21(27)15-7-9-22-10-8-15/h4-11,13H,12H2,1-3H3,(H,24,25,27). The first-order valence-corrected chi connectivity index (χ1v) is 9.01. The van der Waals surface area contributed by atoms with E-state index in [1.54, 1.807) is 24.5 Å². The van der Waals surface area contributed by atoms with E-state index in [4.69, 9.17) is 4.98 Å². The molecule has 3 aromatic heterocycles. The number of rotatable bonds is 4. The maximum Gasteiger partial charge on any atom is 0.256 e. The summed E-state index contributed by atoms with van der Waals surface area (Å²) in [5.74, 6) is 0.729. The lowest BCUT2D eigenvalue weighted by molar-refractivity contribution is 0.102. The number of aryl methyl sites for hydroxylation is 1. The molecule has 0 radical (unpaired) electrons. The van der Waals surface area contributed by atoms with Gasteiger partial charge in [0.1, 0.15) is 0 Å². The van der Waals surface area contributed by atoms with Gasteiger partial charge in [0, 0.05) is 29.9 Å². The number of pyridine rings is 2. The molecular formula is C21H21N5O. The second kappa shape index (κ2) is 6.79. The fourth-order valence-electron chi connectivity index (χ4n) is 3.18. The third kappa shape index (κ3) is 3.26. The first-order chi connectivity index (χ1) is 13.0. The first-order valence-electron chi connectivity index (χ1n) is 9.01. The van der Waals surface area contributed by atoms with Crippen molar-refractivity contribution in [3.8, 4) is 0 Å². The molecule has 0 atom stereocenters. The smallest absolute Gasteiger partial charge is 0.256 e. The number of carbonyl (C=O) groups excluding carboxylic acids is 1. The van der Waals surface area contributed by atoms with Gasteiger partial charge in [-0.25, -0.2) is 9.67 Å². The van der Waals surface area contributed by atoms with Crippen molar-refractivity contribution in [2.24, 2.45) is 5.92 Å². The average Bonchev–Trinajstić information content (AvgIpc) is 2.97. The van der Waals surface area contributed by atoms with Crippen LogP contribution in [0.5, 0.6) is 0 Å². The molecule has 0 spiro atoms. The topological polar surface area (TPSA) is 72.7 Å². The van der Waals surface area contributed by atoms with Crippen LogP contribution in [0.15, 0.2) is 48.8 Å². The summed E-state index contributed by atoms with van der Waals surface area (Å²) in [6, 6.07) is 11.5. The highest BCUT2D eigenvalue weighted by Gasteiger charge is 2.17. The van der Waals surface area contributed by atoms with Crippen LogP contribution in [0.3, 0.4) is 0 Å². The molecule has 4 aromatic rings. The number of amides is 1. The summed E-state index contributed by atoms with van der Waals surface area (Å²) in [6.45, 7) is 7.05. The van der Waals surface area contributed by atoms with E-state index in [1.807, 2.05) is 16.8 Å². The molecule has 0 aliphatic heterocycles. The molecule has 136 valence electrons. The predicted molar refractivity (Wildman–Crippen MR) is 107 cm³/mol. The summed E-state index contributed by atoms with van der Waals surface area (Å²) >= 11 is 0. The lowest BCUT2D eigenvalue weighted by Gasteiger charge is -2.06. The molecule has 0 unspecified atom stereocenters. The number of para-hydroxylation sites is 1. The van der Waals surface area contributed by atoms with Gasteiger partial charge in [-0.15, -0.1) is 0 Å². The fourth-order valence-corrected chi connectivity index (χ4v) is 3.18. The normalized spacial score (nSPS) is 11.4. The van der Waals surface area contributed by atoms with E-state index in [0.29, 0.717) is 17.3 Å². The fraction of sp³-hybridized carbons (Fsp3) is 0.238. The molecule has 0 aliphatic rings. The summed E-state index contributed by atoms with van der Waals surface area (Å²) in [5.41, 5.74) is 3.41. The number of aromatic nitrogens is 4. The van der Waals surface area contributed by atoms with E-state index >= 15 is 0 Å². The van der Waals surface area contributed by atoms with Crippen LogP contribution in [0, 0.1) is 12.8 Å². The quantitative estimate of drug-likeness (QED) is 0.593. The molecule has 0 saturated heterocycles. The molecule has 6 heteroatoms. The summed E-state index contributed by atoms with van der Waals surface area (Å²) in [7, 11) is 0. The first kappa shape index (κ1) is 17.1. The molecule has 27 heavy (non-hydrogen) atoms. The van der Waals surface area contributed by atoms with E-state index in [9.17, 15) is 4.79 Å². The molecule has 1 aromatic carbocycles. The molecule has 3 heterocycles. The highest BCUT2D eigenvalue weighted by atomic mass is 16.1. The SMILES string of the molecule is Cc1cccc2cc3c(NC(=O)c4ccncc4)nn(CC(C)C)c3nc12. The van der Waals surface area contributed by atoms with Crippen LogP contribution in [0.1, 0.15) is 29.8 Å². The Hall–Kier alpha value is -3.28. The van der Waals surface area contributed by atoms with E-state index < -0.39 is 0 Å². The Bertz CT molecular complexity index is 1130. The van der Waals surface area contributed by atoms with Crippen molar-refractivity contribution in [2.45, 2.75) is 27.3 Å². The predicted octanol–water partition coefficient (Wildman–Crippen LogP) is 4.20. The number of hydrogen-bond donors (Lipinski definition) is 1. The van der Waals surface area contributed by atoms with Crippen LogP contribution in [0.2, 0.25) is 0 Å². The average molecular weight is 359 g/mol. The van der Waals surface area contributed by atoms with Gasteiger partial charge < -0.3 is 5.32 Å². The highest BCUT2D eigenvalue weighted by molar-refractivity contribution is 6.08. The molecule has 4 rings (SSSR count). The monoisotopic (exact) mass is 359 g/mol. The van der Waals surface area contributed by atoms with Gasteiger partial charge in [0.05, 0.1) is 10.9 Å². The molecule has 0 bridgehead atoms. The van der Waals surface area contributed by atoms with Crippen molar-refractivity contribution in [3.63, 3.8) is 0 Å². The molecule has 0 saturated carbocycles. The lowest BCUT2D eigenvalue weighted by atomic mass is 10.1. The second-order valence-corrected chi connectivity index (χ2v) is 7.12. The molecule has 1 amide bonds. The van der Waals surface area contributed by atoms with E-state index in [0.717, 1.165) is 34.0 Å². The van der Waals surface area contributed by atoms with Gasteiger partial charge in [-0.3, -0.25) is 9.78 Å². The zero-order chi connectivity index (χ0) is 19.0. The molecule has 1 N–H and O–H groups in total. The van der Waals surface area contributed by atoms with Crippen LogP contribution in [0.4, 0.5) is 5.82 Å². The Kier molecular flexibility index (Phi) is 4.32. The number of hydrogen-bond acceptors (Lipinski definition) is 4. The van der Waals surface area contributed by atoms with Gasteiger partial charge in [0.25, 0.3) is 5.91 Å². The minimum Gasteiger partial charge on any atom is -0.304 e. The number of anilines is 1. The van der Waals surface area contributed by atoms with E-state index in [-0.39, 0.29) is 5.91 Å². The number of carbonyl (C=O) groups is 1. The molecular weight excluding hydrogens is 338 g/mol. The van der Waals surface area contributed by atoms with Crippen LogP contribution in [0.25, 0.3) is 21.9 Å². The Morgan fingerprint density at radius 1 is 1.19 bits per heavy atom. The van der Waals surface area contributed by atoms with Crippen molar-refractivity contribution in [1.29, 1.82) is 0 Å². The van der Waals surface area contributed by atoms with Crippen molar-refractivity contribution in [2.75, 3.05) is 5.32 Å². The Labute approximate surface area is 157 Å². The Morgan fingerprint density at radius 2 is 1.96 bits per heavy atom. The summed E-state index contributed by atoms with van der Waals surface area (Å²) in [6.07, 6.45) is 3.20. The zero-order valence-corrected chi connectivity index (χ0v) is 15.6. The highest BCUT2D eigenvalue weighted by Crippen LogP contribution is 2.28. The van der Waals surface area contributed by atoms with E-state index in [1.165, 1.54) is 0 Å². The van der Waals surface area contributed by atoms with Gasteiger partial charge in [0.15, 0.2) is 11.5 Å². The minimum absolute atomic E-state index is 0.210. The van der Waals surface area contributed by atoms with Crippen LogP contribution in [-0.2, 0) is 6.54 Å². The summed E-state index contributed by atoms with van der Waals surface area (Å²) in [5, 5.41) is 9.47.